The molecule has 8 nitrogen and oxygen atoms in total. The number of rotatable bonds is 8. The Morgan fingerprint density at radius 1 is 1.00 bits per heavy atom. The zero-order valence-electron chi connectivity index (χ0n) is 19.7. The van der Waals surface area contributed by atoms with Crippen LogP contribution in [0.1, 0.15) is 39.2 Å². The van der Waals surface area contributed by atoms with Crippen LogP contribution in [0, 0.1) is 0 Å². The number of amides is 1. The van der Waals surface area contributed by atoms with Gasteiger partial charge in [0.05, 0.1) is 11.8 Å². The highest BCUT2D eigenvalue weighted by molar-refractivity contribution is 6.31. The van der Waals surface area contributed by atoms with Crippen LogP contribution in [0.25, 0.3) is 11.1 Å². The van der Waals surface area contributed by atoms with E-state index in [1.54, 1.807) is 18.2 Å². The Balaban J connectivity index is 1.71. The number of anilines is 1. The standard InChI is InChI=1S/C28H22ClN3O5/c1-17(33)23-12-9-21(29)15-24(23)20-14-26(34)32(30-16-20)25(13-18-5-3-2-4-6-18)27(35)31-22-10-7-19(8-11-22)28(36)37/h2-12,14-16,25H,13H2,1H3,(H,31,35)(H,36,37)/t25-/m0/s1. The molecule has 2 N–H and O–H groups in total. The molecule has 0 radical (unpaired) electrons. The highest BCUT2D eigenvalue weighted by Gasteiger charge is 2.24. The normalized spacial score (nSPS) is 11.5. The van der Waals surface area contributed by atoms with Crippen LogP contribution in [0.5, 0.6) is 0 Å². The van der Waals surface area contributed by atoms with Gasteiger partial charge in [0.25, 0.3) is 5.56 Å². The van der Waals surface area contributed by atoms with E-state index in [2.05, 4.69) is 10.4 Å². The summed E-state index contributed by atoms with van der Waals surface area (Å²) in [4.78, 5) is 49.8. The summed E-state index contributed by atoms with van der Waals surface area (Å²) in [6, 6.07) is 20.0. The van der Waals surface area contributed by atoms with E-state index in [9.17, 15) is 19.2 Å². The summed E-state index contributed by atoms with van der Waals surface area (Å²) < 4.78 is 1.09. The molecule has 0 spiro atoms. The first-order chi connectivity index (χ1) is 17.7. The number of Topliss-reactive ketones (excluding diaryl/α,β-unsaturated/α-hetero) is 1. The Morgan fingerprint density at radius 2 is 1.70 bits per heavy atom. The lowest BCUT2D eigenvalue weighted by molar-refractivity contribution is -0.119. The number of benzene rings is 3. The summed E-state index contributed by atoms with van der Waals surface area (Å²) in [6.07, 6.45) is 1.61. The Kier molecular flexibility index (Phi) is 7.60. The van der Waals surface area contributed by atoms with E-state index >= 15 is 0 Å². The van der Waals surface area contributed by atoms with Gasteiger partial charge in [-0.25, -0.2) is 9.48 Å². The van der Waals surface area contributed by atoms with Gasteiger partial charge in [-0.1, -0.05) is 41.9 Å². The third kappa shape index (κ3) is 5.99. The van der Waals surface area contributed by atoms with Gasteiger partial charge in [0.2, 0.25) is 5.91 Å². The molecule has 9 heteroatoms. The van der Waals surface area contributed by atoms with E-state index < -0.39 is 23.5 Å². The second kappa shape index (κ2) is 11.0. The first kappa shape index (κ1) is 25.5. The number of aromatic carboxylic acids is 1. The van der Waals surface area contributed by atoms with Crippen molar-refractivity contribution in [1.82, 2.24) is 9.78 Å². The smallest absolute Gasteiger partial charge is 0.335 e. The minimum absolute atomic E-state index is 0.0817. The number of halogens is 1. The second-order valence-electron chi connectivity index (χ2n) is 8.35. The van der Waals surface area contributed by atoms with Crippen LogP contribution in [0.15, 0.2) is 89.9 Å². The third-order valence-electron chi connectivity index (χ3n) is 5.77. The number of carbonyl (C=O) groups excluding carboxylic acids is 2. The molecule has 1 heterocycles. The first-order valence-corrected chi connectivity index (χ1v) is 11.7. The molecule has 0 bridgehead atoms. The van der Waals surface area contributed by atoms with Crippen molar-refractivity contribution in [3.63, 3.8) is 0 Å². The molecule has 186 valence electrons. The molecular weight excluding hydrogens is 494 g/mol. The summed E-state index contributed by atoms with van der Waals surface area (Å²) in [7, 11) is 0. The van der Waals surface area contributed by atoms with Gasteiger partial charge in [0, 0.05) is 34.3 Å². The second-order valence-corrected chi connectivity index (χ2v) is 8.79. The molecule has 0 saturated carbocycles. The SMILES string of the molecule is CC(=O)c1ccc(Cl)cc1-c1cnn([C@@H](Cc2ccccc2)C(=O)Nc2ccc(C(=O)O)cc2)c(=O)c1. The van der Waals surface area contributed by atoms with Crippen molar-refractivity contribution >= 4 is 34.9 Å². The molecule has 0 aliphatic heterocycles. The van der Waals surface area contributed by atoms with Gasteiger partial charge >= 0.3 is 5.97 Å². The van der Waals surface area contributed by atoms with Crippen molar-refractivity contribution < 1.29 is 19.5 Å². The fourth-order valence-electron chi connectivity index (χ4n) is 3.91. The van der Waals surface area contributed by atoms with E-state index in [0.717, 1.165) is 10.2 Å². The van der Waals surface area contributed by atoms with Crippen molar-refractivity contribution in [2.24, 2.45) is 0 Å². The molecular formula is C28H22ClN3O5. The molecule has 1 aromatic heterocycles. The predicted octanol–water partition coefficient (Wildman–Crippen LogP) is 4.89. The molecule has 0 aliphatic carbocycles. The van der Waals surface area contributed by atoms with Crippen molar-refractivity contribution in [1.29, 1.82) is 0 Å². The lowest BCUT2D eigenvalue weighted by atomic mass is 9.99. The van der Waals surface area contributed by atoms with Crippen LogP contribution in [0.2, 0.25) is 5.02 Å². The molecule has 4 rings (SSSR count). The maximum Gasteiger partial charge on any atom is 0.335 e. The van der Waals surface area contributed by atoms with E-state index in [1.807, 2.05) is 30.3 Å². The fourth-order valence-corrected chi connectivity index (χ4v) is 4.08. The van der Waals surface area contributed by atoms with E-state index in [4.69, 9.17) is 16.7 Å². The van der Waals surface area contributed by atoms with Gasteiger partial charge in [-0.05, 0) is 60.5 Å². The van der Waals surface area contributed by atoms with Crippen molar-refractivity contribution in [3.8, 4) is 11.1 Å². The molecule has 1 amide bonds. The summed E-state index contributed by atoms with van der Waals surface area (Å²) in [6.45, 7) is 1.42. The van der Waals surface area contributed by atoms with Crippen molar-refractivity contribution in [2.45, 2.75) is 19.4 Å². The molecule has 0 unspecified atom stereocenters. The van der Waals surface area contributed by atoms with Gasteiger partial charge in [-0.3, -0.25) is 14.4 Å². The van der Waals surface area contributed by atoms with Crippen LogP contribution >= 0.6 is 11.6 Å². The molecule has 1 atom stereocenters. The van der Waals surface area contributed by atoms with Crippen molar-refractivity contribution in [2.75, 3.05) is 5.32 Å². The lowest BCUT2D eigenvalue weighted by Gasteiger charge is -2.19. The number of aromatic nitrogens is 2. The monoisotopic (exact) mass is 515 g/mol. The van der Waals surface area contributed by atoms with Crippen LogP contribution in [-0.2, 0) is 11.2 Å². The van der Waals surface area contributed by atoms with Gasteiger partial charge in [-0.2, -0.15) is 5.10 Å². The van der Waals surface area contributed by atoms with Gasteiger partial charge in [-0.15, -0.1) is 0 Å². The summed E-state index contributed by atoms with van der Waals surface area (Å²) in [5.41, 5.74) is 2.00. The highest BCUT2D eigenvalue weighted by Crippen LogP contribution is 2.27. The number of nitrogens with zero attached hydrogens (tertiary/aromatic N) is 2. The number of carboxylic acids is 1. The van der Waals surface area contributed by atoms with E-state index in [1.165, 1.54) is 43.5 Å². The van der Waals surface area contributed by atoms with Gasteiger partial charge in [0.1, 0.15) is 6.04 Å². The topological polar surface area (TPSA) is 118 Å². The Bertz CT molecular complexity index is 1530. The fraction of sp³-hybridized carbons (Fsp3) is 0.107. The molecule has 0 saturated heterocycles. The first-order valence-electron chi connectivity index (χ1n) is 11.3. The predicted molar refractivity (Wildman–Crippen MR) is 140 cm³/mol. The number of hydrogen-bond acceptors (Lipinski definition) is 5. The number of carbonyl (C=O) groups is 3. The molecule has 4 aromatic rings. The zero-order valence-corrected chi connectivity index (χ0v) is 20.5. The van der Waals surface area contributed by atoms with Gasteiger partial charge < -0.3 is 10.4 Å². The molecule has 0 fully saturated rings. The van der Waals surface area contributed by atoms with Crippen molar-refractivity contribution in [3.05, 3.63) is 117 Å². The van der Waals surface area contributed by atoms with E-state index in [0.29, 0.717) is 27.4 Å². The minimum Gasteiger partial charge on any atom is -0.478 e. The number of hydrogen-bond donors (Lipinski definition) is 2. The molecule has 3 aromatic carbocycles. The third-order valence-corrected chi connectivity index (χ3v) is 6.00. The van der Waals surface area contributed by atoms with E-state index in [-0.39, 0.29) is 17.8 Å². The van der Waals surface area contributed by atoms with Crippen LogP contribution in [0.4, 0.5) is 5.69 Å². The summed E-state index contributed by atoms with van der Waals surface area (Å²) in [5.74, 6) is -1.77. The summed E-state index contributed by atoms with van der Waals surface area (Å²) in [5, 5.41) is 16.5. The summed E-state index contributed by atoms with van der Waals surface area (Å²) >= 11 is 6.13. The zero-order chi connectivity index (χ0) is 26.5. The molecule has 37 heavy (non-hydrogen) atoms. The maximum absolute atomic E-state index is 13.3. The lowest BCUT2D eigenvalue weighted by Crippen LogP contribution is -2.36. The number of nitrogens with one attached hydrogen (secondary N) is 1. The maximum atomic E-state index is 13.3. The highest BCUT2D eigenvalue weighted by atomic mass is 35.5. The number of carboxylic acid groups (broad SMARTS) is 1. The Morgan fingerprint density at radius 3 is 2.32 bits per heavy atom. The van der Waals surface area contributed by atoms with Crippen LogP contribution in [0.3, 0.4) is 0 Å². The molecule has 0 aliphatic rings. The van der Waals surface area contributed by atoms with Crippen LogP contribution in [-0.4, -0.2) is 32.5 Å². The quantitative estimate of drug-likeness (QED) is 0.323. The average molecular weight is 516 g/mol. The average Bonchev–Trinajstić information content (AvgIpc) is 2.88. The van der Waals surface area contributed by atoms with Crippen LogP contribution < -0.4 is 10.9 Å². The van der Waals surface area contributed by atoms with Gasteiger partial charge in [0.15, 0.2) is 5.78 Å². The minimum atomic E-state index is -1.08. The largest absolute Gasteiger partial charge is 0.478 e. The number of ketones is 1. The Labute approximate surface area is 217 Å². The Hall–Kier alpha value is -4.56.